The second-order valence-electron chi connectivity index (χ2n) is 4.27. The van der Waals surface area contributed by atoms with Crippen LogP contribution in [0.4, 0.5) is 0 Å². The van der Waals surface area contributed by atoms with E-state index in [1.165, 1.54) is 0 Å². The topological polar surface area (TPSA) is 46.6 Å². The van der Waals surface area contributed by atoms with Gasteiger partial charge in [0.25, 0.3) is 0 Å². The molecule has 1 aliphatic rings. The van der Waals surface area contributed by atoms with E-state index in [-0.39, 0.29) is 5.25 Å². The maximum absolute atomic E-state index is 11.9. The maximum Gasteiger partial charge on any atom is 0.216 e. The highest BCUT2D eigenvalue weighted by atomic mass is 32.2. The predicted octanol–water partition coefficient (Wildman–Crippen LogP) is 1.08. The Hall–Kier alpha value is -0.130. The molecule has 1 aliphatic heterocycles. The van der Waals surface area contributed by atoms with Crippen molar-refractivity contribution in [1.29, 1.82) is 0 Å². The zero-order valence-corrected chi connectivity index (χ0v) is 10.6. The summed E-state index contributed by atoms with van der Waals surface area (Å²) in [7, 11) is -3.10. The second kappa shape index (κ2) is 5.27. The molecule has 0 bridgehead atoms. The third-order valence-electron chi connectivity index (χ3n) is 2.79. The zero-order chi connectivity index (χ0) is 11.5. The summed E-state index contributed by atoms with van der Waals surface area (Å²) in [6.07, 6.45) is 0.976. The molecule has 1 rings (SSSR count). The van der Waals surface area contributed by atoms with Gasteiger partial charge in [0.15, 0.2) is 0 Å². The molecule has 0 N–H and O–H groups in total. The Labute approximate surface area is 92.7 Å². The van der Waals surface area contributed by atoms with Gasteiger partial charge in [0.2, 0.25) is 10.0 Å². The summed E-state index contributed by atoms with van der Waals surface area (Å²) < 4.78 is 30.7. The van der Waals surface area contributed by atoms with Crippen molar-refractivity contribution in [2.75, 3.05) is 26.3 Å². The summed E-state index contributed by atoms with van der Waals surface area (Å²) in [5.74, 6) is 0.374. The van der Waals surface area contributed by atoms with E-state index in [2.05, 4.69) is 0 Å². The van der Waals surface area contributed by atoms with Gasteiger partial charge in [-0.05, 0) is 26.2 Å². The monoisotopic (exact) mass is 235 g/mol. The summed E-state index contributed by atoms with van der Waals surface area (Å²) in [4.78, 5) is 0. The largest absolute Gasteiger partial charge is 0.381 e. The van der Waals surface area contributed by atoms with Gasteiger partial charge in [-0.25, -0.2) is 12.7 Å². The Morgan fingerprint density at radius 3 is 2.53 bits per heavy atom. The van der Waals surface area contributed by atoms with Crippen LogP contribution in [-0.4, -0.2) is 44.3 Å². The zero-order valence-electron chi connectivity index (χ0n) is 9.77. The van der Waals surface area contributed by atoms with E-state index >= 15 is 0 Å². The van der Waals surface area contributed by atoms with E-state index in [0.717, 1.165) is 13.0 Å². The highest BCUT2D eigenvalue weighted by molar-refractivity contribution is 7.89. The first kappa shape index (κ1) is 12.9. The first-order valence-corrected chi connectivity index (χ1v) is 7.05. The van der Waals surface area contributed by atoms with Crippen LogP contribution in [0.15, 0.2) is 0 Å². The number of ether oxygens (including phenoxy) is 1. The van der Waals surface area contributed by atoms with Gasteiger partial charge in [0.1, 0.15) is 0 Å². The van der Waals surface area contributed by atoms with Crippen LogP contribution in [0.5, 0.6) is 0 Å². The lowest BCUT2D eigenvalue weighted by molar-refractivity contribution is 0.180. The fraction of sp³-hybridized carbons (Fsp3) is 1.00. The van der Waals surface area contributed by atoms with Crippen LogP contribution in [0.2, 0.25) is 0 Å². The lowest BCUT2D eigenvalue weighted by atomic mass is 10.1. The van der Waals surface area contributed by atoms with Gasteiger partial charge in [0.05, 0.1) is 11.9 Å². The van der Waals surface area contributed by atoms with Crippen LogP contribution in [0.1, 0.15) is 27.2 Å². The van der Waals surface area contributed by atoms with Gasteiger partial charge < -0.3 is 4.74 Å². The normalized spacial score (nSPS) is 22.9. The lowest BCUT2D eigenvalue weighted by Crippen LogP contribution is -2.39. The molecular formula is C10H21NO3S. The SMILES string of the molecule is CCN(CC1CCOC1)S(=O)(=O)C(C)C. The second-order valence-corrected chi connectivity index (χ2v) is 6.76. The van der Waals surface area contributed by atoms with Gasteiger partial charge in [0, 0.05) is 19.7 Å². The van der Waals surface area contributed by atoms with Gasteiger partial charge in [-0.3, -0.25) is 0 Å². The fourth-order valence-corrected chi connectivity index (χ4v) is 3.10. The molecule has 4 nitrogen and oxygen atoms in total. The third-order valence-corrected chi connectivity index (χ3v) is 5.11. The molecule has 1 unspecified atom stereocenters. The number of nitrogens with zero attached hydrogens (tertiary/aromatic N) is 1. The molecule has 0 spiro atoms. The van der Waals surface area contributed by atoms with E-state index in [0.29, 0.717) is 25.6 Å². The van der Waals surface area contributed by atoms with E-state index in [4.69, 9.17) is 4.74 Å². The fourth-order valence-electron chi connectivity index (χ4n) is 1.73. The average Bonchev–Trinajstić information content (AvgIpc) is 2.65. The molecule has 0 radical (unpaired) electrons. The molecule has 0 aromatic heterocycles. The molecule has 0 aliphatic carbocycles. The number of sulfonamides is 1. The molecule has 0 saturated carbocycles. The summed E-state index contributed by atoms with van der Waals surface area (Å²) >= 11 is 0. The molecule has 5 heteroatoms. The Morgan fingerprint density at radius 1 is 1.47 bits per heavy atom. The van der Waals surface area contributed by atoms with Crippen LogP contribution < -0.4 is 0 Å². The van der Waals surface area contributed by atoms with E-state index < -0.39 is 10.0 Å². The minimum atomic E-state index is -3.10. The van der Waals surface area contributed by atoms with E-state index in [1.807, 2.05) is 6.92 Å². The molecule has 1 fully saturated rings. The summed E-state index contributed by atoms with van der Waals surface area (Å²) in [5, 5.41) is -0.334. The number of hydrogen-bond donors (Lipinski definition) is 0. The average molecular weight is 235 g/mol. The minimum absolute atomic E-state index is 0.334. The smallest absolute Gasteiger partial charge is 0.216 e. The molecule has 0 aromatic carbocycles. The summed E-state index contributed by atoms with van der Waals surface area (Å²) in [6, 6.07) is 0. The molecule has 15 heavy (non-hydrogen) atoms. The van der Waals surface area contributed by atoms with Gasteiger partial charge in [-0.15, -0.1) is 0 Å². The molecule has 90 valence electrons. The van der Waals surface area contributed by atoms with Crippen LogP contribution in [0.25, 0.3) is 0 Å². The van der Waals surface area contributed by atoms with Crippen molar-refractivity contribution >= 4 is 10.0 Å². The van der Waals surface area contributed by atoms with Crippen molar-refractivity contribution in [2.24, 2.45) is 5.92 Å². The highest BCUT2D eigenvalue weighted by Crippen LogP contribution is 2.17. The molecule has 0 amide bonds. The molecule has 1 heterocycles. The Balaban J connectivity index is 2.62. The van der Waals surface area contributed by atoms with Crippen LogP contribution in [0.3, 0.4) is 0 Å². The summed E-state index contributed by atoms with van der Waals surface area (Å²) in [5.41, 5.74) is 0. The van der Waals surface area contributed by atoms with Crippen molar-refractivity contribution in [3.63, 3.8) is 0 Å². The highest BCUT2D eigenvalue weighted by Gasteiger charge is 2.28. The molecular weight excluding hydrogens is 214 g/mol. The van der Waals surface area contributed by atoms with Crippen molar-refractivity contribution in [2.45, 2.75) is 32.4 Å². The van der Waals surface area contributed by atoms with Crippen LogP contribution >= 0.6 is 0 Å². The van der Waals surface area contributed by atoms with Crippen molar-refractivity contribution in [3.05, 3.63) is 0 Å². The van der Waals surface area contributed by atoms with Crippen molar-refractivity contribution < 1.29 is 13.2 Å². The minimum Gasteiger partial charge on any atom is -0.381 e. The first-order valence-electron chi connectivity index (χ1n) is 5.55. The molecule has 1 atom stereocenters. The van der Waals surface area contributed by atoms with Crippen LogP contribution in [-0.2, 0) is 14.8 Å². The first-order chi connectivity index (χ1) is 6.98. The Morgan fingerprint density at radius 2 is 2.13 bits per heavy atom. The van der Waals surface area contributed by atoms with E-state index in [1.54, 1.807) is 18.2 Å². The lowest BCUT2D eigenvalue weighted by Gasteiger charge is -2.24. The van der Waals surface area contributed by atoms with Crippen molar-refractivity contribution in [1.82, 2.24) is 4.31 Å². The Kier molecular flexibility index (Phi) is 4.55. The number of rotatable bonds is 5. The summed E-state index contributed by atoms with van der Waals surface area (Å²) in [6.45, 7) is 7.96. The molecule has 0 aromatic rings. The van der Waals surface area contributed by atoms with Crippen molar-refractivity contribution in [3.8, 4) is 0 Å². The number of hydrogen-bond acceptors (Lipinski definition) is 3. The maximum atomic E-state index is 11.9. The van der Waals surface area contributed by atoms with Gasteiger partial charge in [-0.2, -0.15) is 0 Å². The standard InChI is InChI=1S/C10H21NO3S/c1-4-11(15(12,13)9(2)3)7-10-5-6-14-8-10/h9-10H,4-8H2,1-3H3. The third kappa shape index (κ3) is 3.16. The van der Waals surface area contributed by atoms with Crippen LogP contribution in [0, 0.1) is 5.92 Å². The quantitative estimate of drug-likeness (QED) is 0.716. The van der Waals surface area contributed by atoms with Gasteiger partial charge in [-0.1, -0.05) is 6.92 Å². The van der Waals surface area contributed by atoms with Gasteiger partial charge >= 0.3 is 0 Å². The predicted molar refractivity (Wildman–Crippen MR) is 60.2 cm³/mol. The Bertz CT molecular complexity index is 281. The molecule has 1 saturated heterocycles. The van der Waals surface area contributed by atoms with E-state index in [9.17, 15) is 8.42 Å².